The van der Waals surface area contributed by atoms with Crippen LogP contribution in [0.4, 0.5) is 5.69 Å². The molecule has 0 radical (unpaired) electrons. The molecule has 1 saturated heterocycles. The molecule has 9 heteroatoms. The first-order chi connectivity index (χ1) is 14.2. The van der Waals surface area contributed by atoms with E-state index in [0.717, 1.165) is 42.1 Å². The zero-order valence-electron chi connectivity index (χ0n) is 18.1. The number of likely N-dealkylation sites (tertiary alicyclic amines) is 1. The molecule has 0 bridgehead atoms. The standard InChI is InChI=1S/C21H31N5O3S/c1-15-20(16(2)26(24-15)19-10-6-5-7-11-19)23-21(27)17(3)25-12-8-9-18(14-25)13-22-30(4,28)29/h5-7,10-11,17-18,22H,8-9,12-14H2,1-4H3,(H,23,27). The third-order valence-electron chi connectivity index (χ3n) is 5.65. The van der Waals surface area contributed by atoms with Gasteiger partial charge in [-0.3, -0.25) is 9.69 Å². The smallest absolute Gasteiger partial charge is 0.241 e. The molecule has 1 fully saturated rings. The maximum Gasteiger partial charge on any atom is 0.241 e. The number of carbonyl (C=O) groups is 1. The molecule has 1 aliphatic rings. The molecule has 3 rings (SSSR count). The highest BCUT2D eigenvalue weighted by atomic mass is 32.2. The number of hydrogen-bond donors (Lipinski definition) is 2. The van der Waals surface area contributed by atoms with Gasteiger partial charge in [0, 0.05) is 13.1 Å². The molecular weight excluding hydrogens is 402 g/mol. The Hall–Kier alpha value is -2.23. The zero-order valence-corrected chi connectivity index (χ0v) is 18.9. The van der Waals surface area contributed by atoms with Crippen LogP contribution in [0.2, 0.25) is 0 Å². The van der Waals surface area contributed by atoms with E-state index < -0.39 is 10.0 Å². The van der Waals surface area contributed by atoms with Crippen molar-refractivity contribution in [3.05, 3.63) is 41.7 Å². The van der Waals surface area contributed by atoms with E-state index in [1.165, 1.54) is 6.26 Å². The Morgan fingerprint density at radius 3 is 2.63 bits per heavy atom. The summed E-state index contributed by atoms with van der Waals surface area (Å²) in [6.45, 7) is 7.66. The average Bonchev–Trinajstić information content (AvgIpc) is 3.00. The first kappa shape index (κ1) is 22.5. The molecule has 0 aliphatic carbocycles. The van der Waals surface area contributed by atoms with Crippen LogP contribution in [-0.4, -0.2) is 60.9 Å². The minimum atomic E-state index is -3.21. The third-order valence-corrected chi connectivity index (χ3v) is 6.34. The molecule has 1 aromatic heterocycles. The molecule has 164 valence electrons. The fourth-order valence-corrected chi connectivity index (χ4v) is 4.46. The van der Waals surface area contributed by atoms with Gasteiger partial charge in [0.05, 0.1) is 35.1 Å². The average molecular weight is 434 g/mol. The summed E-state index contributed by atoms with van der Waals surface area (Å²) in [6.07, 6.45) is 3.07. The lowest BCUT2D eigenvalue weighted by Gasteiger charge is -2.36. The predicted octanol–water partition coefficient (Wildman–Crippen LogP) is 2.08. The second kappa shape index (κ2) is 9.28. The fourth-order valence-electron chi connectivity index (χ4n) is 3.92. The summed E-state index contributed by atoms with van der Waals surface area (Å²) in [5.74, 6) is 0.124. The summed E-state index contributed by atoms with van der Waals surface area (Å²) in [5.41, 5.74) is 3.34. The van der Waals surface area contributed by atoms with Gasteiger partial charge >= 0.3 is 0 Å². The Morgan fingerprint density at radius 1 is 1.27 bits per heavy atom. The maximum absolute atomic E-state index is 13.0. The number of aryl methyl sites for hydroxylation is 1. The molecule has 2 N–H and O–H groups in total. The number of nitrogens with zero attached hydrogens (tertiary/aromatic N) is 3. The van der Waals surface area contributed by atoms with E-state index >= 15 is 0 Å². The number of hydrogen-bond acceptors (Lipinski definition) is 5. The summed E-state index contributed by atoms with van der Waals surface area (Å²) in [5, 5.41) is 7.65. The Labute approximate surface area is 178 Å². The molecule has 8 nitrogen and oxygen atoms in total. The highest BCUT2D eigenvalue weighted by molar-refractivity contribution is 7.88. The SMILES string of the molecule is Cc1nn(-c2ccccc2)c(C)c1NC(=O)C(C)N1CCCC(CNS(C)(=O)=O)C1. The fraction of sp³-hybridized carbons (Fsp3) is 0.524. The molecule has 1 aromatic carbocycles. The molecule has 0 spiro atoms. The molecule has 1 amide bonds. The van der Waals surface area contributed by atoms with Crippen LogP contribution >= 0.6 is 0 Å². The van der Waals surface area contributed by atoms with E-state index in [4.69, 9.17) is 0 Å². The van der Waals surface area contributed by atoms with Gasteiger partial charge in [-0.2, -0.15) is 5.10 Å². The number of aromatic nitrogens is 2. The lowest BCUT2D eigenvalue weighted by molar-refractivity contribution is -0.121. The normalized spacial score (nSPS) is 18.9. The van der Waals surface area contributed by atoms with Crippen molar-refractivity contribution in [2.75, 3.05) is 31.2 Å². The maximum atomic E-state index is 13.0. The number of rotatable bonds is 7. The van der Waals surface area contributed by atoms with E-state index in [0.29, 0.717) is 13.1 Å². The van der Waals surface area contributed by atoms with Crippen LogP contribution in [0.3, 0.4) is 0 Å². The summed E-state index contributed by atoms with van der Waals surface area (Å²) >= 11 is 0. The van der Waals surface area contributed by atoms with Crippen LogP contribution in [0, 0.1) is 19.8 Å². The second-order valence-electron chi connectivity index (χ2n) is 8.08. The minimum absolute atomic E-state index is 0.0782. The Balaban J connectivity index is 1.66. The van der Waals surface area contributed by atoms with Crippen LogP contribution in [0.5, 0.6) is 0 Å². The first-order valence-electron chi connectivity index (χ1n) is 10.3. The number of para-hydroxylation sites is 1. The number of anilines is 1. The molecule has 2 unspecified atom stereocenters. The number of carbonyl (C=O) groups excluding carboxylic acids is 1. The molecular formula is C21H31N5O3S. The van der Waals surface area contributed by atoms with Crippen LogP contribution in [-0.2, 0) is 14.8 Å². The van der Waals surface area contributed by atoms with Crippen LogP contribution in [0.25, 0.3) is 5.69 Å². The van der Waals surface area contributed by atoms with E-state index in [9.17, 15) is 13.2 Å². The number of piperidine rings is 1. The van der Waals surface area contributed by atoms with E-state index in [1.807, 2.05) is 55.8 Å². The number of benzene rings is 1. The van der Waals surface area contributed by atoms with Crippen LogP contribution in [0.15, 0.2) is 30.3 Å². The van der Waals surface area contributed by atoms with E-state index in [1.54, 1.807) is 0 Å². The summed E-state index contributed by atoms with van der Waals surface area (Å²) < 4.78 is 27.2. The van der Waals surface area contributed by atoms with Crippen LogP contribution in [0.1, 0.15) is 31.2 Å². The van der Waals surface area contributed by atoms with Crippen molar-refractivity contribution >= 4 is 21.6 Å². The van der Waals surface area contributed by atoms with Crippen molar-refractivity contribution in [1.82, 2.24) is 19.4 Å². The van der Waals surface area contributed by atoms with Crippen molar-refractivity contribution in [2.24, 2.45) is 5.92 Å². The van der Waals surface area contributed by atoms with E-state index in [2.05, 4.69) is 20.0 Å². The topological polar surface area (TPSA) is 96.3 Å². The first-order valence-corrected chi connectivity index (χ1v) is 12.2. The molecule has 2 atom stereocenters. The summed E-state index contributed by atoms with van der Waals surface area (Å²) in [7, 11) is -3.21. The lowest BCUT2D eigenvalue weighted by Crippen LogP contribution is -2.49. The summed E-state index contributed by atoms with van der Waals surface area (Å²) in [4.78, 5) is 15.1. The quantitative estimate of drug-likeness (QED) is 0.697. The largest absolute Gasteiger partial charge is 0.322 e. The summed E-state index contributed by atoms with van der Waals surface area (Å²) in [6, 6.07) is 9.51. The van der Waals surface area contributed by atoms with Gasteiger partial charge in [0.1, 0.15) is 0 Å². The Kier molecular flexibility index (Phi) is 6.95. The van der Waals surface area contributed by atoms with Gasteiger partial charge in [-0.1, -0.05) is 18.2 Å². The molecule has 2 heterocycles. The number of sulfonamides is 1. The second-order valence-corrected chi connectivity index (χ2v) is 9.92. The number of nitrogens with one attached hydrogen (secondary N) is 2. The highest BCUT2D eigenvalue weighted by Crippen LogP contribution is 2.24. The van der Waals surface area contributed by atoms with Crippen molar-refractivity contribution in [1.29, 1.82) is 0 Å². The van der Waals surface area contributed by atoms with Gasteiger partial charge in [-0.25, -0.2) is 17.8 Å². The van der Waals surface area contributed by atoms with Crippen LogP contribution < -0.4 is 10.0 Å². The molecule has 2 aromatic rings. The molecule has 1 aliphatic heterocycles. The van der Waals surface area contributed by atoms with Gasteiger partial charge in [-0.05, 0) is 58.2 Å². The number of amides is 1. The van der Waals surface area contributed by atoms with E-state index in [-0.39, 0.29) is 17.9 Å². The molecule has 30 heavy (non-hydrogen) atoms. The van der Waals surface area contributed by atoms with Gasteiger partial charge in [0.25, 0.3) is 0 Å². The predicted molar refractivity (Wildman–Crippen MR) is 118 cm³/mol. The van der Waals surface area contributed by atoms with Crippen molar-refractivity contribution in [3.8, 4) is 5.69 Å². The van der Waals surface area contributed by atoms with Gasteiger partial charge in [-0.15, -0.1) is 0 Å². The Morgan fingerprint density at radius 2 is 1.97 bits per heavy atom. The van der Waals surface area contributed by atoms with Crippen molar-refractivity contribution in [3.63, 3.8) is 0 Å². The van der Waals surface area contributed by atoms with Gasteiger partial charge in [0.15, 0.2) is 0 Å². The Bertz CT molecular complexity index is 988. The van der Waals surface area contributed by atoms with Crippen molar-refractivity contribution < 1.29 is 13.2 Å². The van der Waals surface area contributed by atoms with Crippen molar-refractivity contribution in [2.45, 2.75) is 39.7 Å². The monoisotopic (exact) mass is 433 g/mol. The molecule has 0 saturated carbocycles. The zero-order chi connectivity index (χ0) is 21.9. The lowest BCUT2D eigenvalue weighted by atomic mass is 9.97. The highest BCUT2D eigenvalue weighted by Gasteiger charge is 2.28. The third kappa shape index (κ3) is 5.47. The minimum Gasteiger partial charge on any atom is -0.322 e. The van der Waals surface area contributed by atoms with Gasteiger partial charge < -0.3 is 5.32 Å². The van der Waals surface area contributed by atoms with Gasteiger partial charge in [0.2, 0.25) is 15.9 Å².